The van der Waals surface area contributed by atoms with E-state index in [-0.39, 0.29) is 11.4 Å². The molecular weight excluding hydrogens is 294 g/mol. The number of nitro benzene ring substituents is 1. The Morgan fingerprint density at radius 3 is 2.74 bits per heavy atom. The van der Waals surface area contributed by atoms with Crippen LogP contribution in [0.4, 0.5) is 11.4 Å². The molecule has 116 valence electrons. The lowest BCUT2D eigenvalue weighted by molar-refractivity contribution is -0.810. The van der Waals surface area contributed by atoms with Crippen molar-refractivity contribution in [2.24, 2.45) is 4.99 Å². The smallest absolute Gasteiger partial charge is 0.279 e. The maximum Gasteiger partial charge on any atom is 0.279 e. The minimum absolute atomic E-state index is 0.0442. The molecule has 7 nitrogen and oxygen atoms in total. The molecule has 0 atom stereocenters. The highest BCUT2D eigenvalue weighted by Crippen LogP contribution is 2.25. The molecule has 1 aromatic heterocycles. The zero-order chi connectivity index (χ0) is 16.2. The molecule has 0 saturated carbocycles. The van der Waals surface area contributed by atoms with Gasteiger partial charge in [-0.25, -0.2) is 0 Å². The van der Waals surface area contributed by atoms with Gasteiger partial charge in [-0.3, -0.25) is 10.1 Å². The van der Waals surface area contributed by atoms with Gasteiger partial charge in [0.15, 0.2) is 6.54 Å². The Hall–Kier alpha value is -3.09. The first-order valence-electron chi connectivity index (χ1n) is 7.31. The van der Waals surface area contributed by atoms with Crippen molar-refractivity contribution >= 4 is 22.3 Å². The molecule has 0 saturated heterocycles. The van der Waals surface area contributed by atoms with E-state index in [2.05, 4.69) is 15.2 Å². The van der Waals surface area contributed by atoms with Crippen LogP contribution >= 0.6 is 0 Å². The molecule has 0 aliphatic heterocycles. The maximum atomic E-state index is 11.2. The Morgan fingerprint density at radius 2 is 1.96 bits per heavy atom. The zero-order valence-electron chi connectivity index (χ0n) is 12.6. The third-order valence-corrected chi connectivity index (χ3v) is 3.31. The summed E-state index contributed by atoms with van der Waals surface area (Å²) in [5.41, 5.74) is 1.42. The highest BCUT2D eigenvalue weighted by Gasteiger charge is 2.09. The standard InChI is InChI=1S/C16H15N5O2/c1-2-11-20-18-13-8-4-3-7-12(13)16(19-20)17-14-9-5-6-10-15(14)21(22)23/h3-10H,2,11H2,1H3. The van der Waals surface area contributed by atoms with Gasteiger partial charge in [0.25, 0.3) is 5.69 Å². The molecule has 3 rings (SSSR count). The number of nitrogens with zero attached hydrogens (tertiary/aromatic N) is 5. The molecule has 2 aromatic carbocycles. The fourth-order valence-corrected chi connectivity index (χ4v) is 2.27. The van der Waals surface area contributed by atoms with Gasteiger partial charge in [-0.2, -0.15) is 0 Å². The van der Waals surface area contributed by atoms with Crippen LogP contribution in [0.15, 0.2) is 53.5 Å². The van der Waals surface area contributed by atoms with Gasteiger partial charge in [0.2, 0.25) is 0 Å². The number of fused-ring (bicyclic) bond motifs is 1. The fourth-order valence-electron chi connectivity index (χ4n) is 2.27. The van der Waals surface area contributed by atoms with E-state index < -0.39 is 4.92 Å². The van der Waals surface area contributed by atoms with Crippen LogP contribution in [0.3, 0.4) is 0 Å². The largest absolute Gasteiger partial charge is 0.350 e. The average molecular weight is 309 g/mol. The number of nitro groups is 1. The Bertz CT molecular complexity index is 933. The summed E-state index contributed by atoms with van der Waals surface area (Å²) in [7, 11) is 0. The van der Waals surface area contributed by atoms with E-state index in [9.17, 15) is 10.1 Å². The van der Waals surface area contributed by atoms with E-state index in [0.717, 1.165) is 17.3 Å². The monoisotopic (exact) mass is 309 g/mol. The summed E-state index contributed by atoms with van der Waals surface area (Å²) in [5.74, 6) is 0. The van der Waals surface area contributed by atoms with Gasteiger partial charge in [0.1, 0.15) is 0 Å². The second kappa shape index (κ2) is 6.35. The number of para-hydroxylation sites is 2. The predicted molar refractivity (Wildman–Crippen MR) is 83.9 cm³/mol. The Labute approximate surface area is 132 Å². The zero-order valence-corrected chi connectivity index (χ0v) is 12.6. The summed E-state index contributed by atoms with van der Waals surface area (Å²) in [6.07, 6.45) is 0.883. The van der Waals surface area contributed by atoms with Crippen LogP contribution in [-0.4, -0.2) is 10.0 Å². The van der Waals surface area contributed by atoms with Gasteiger partial charge in [-0.15, -0.1) is 10.2 Å². The van der Waals surface area contributed by atoms with Gasteiger partial charge >= 0.3 is 0 Å². The first-order chi connectivity index (χ1) is 11.2. The highest BCUT2D eigenvalue weighted by atomic mass is 16.6. The van der Waals surface area contributed by atoms with E-state index in [1.807, 2.05) is 31.2 Å². The maximum absolute atomic E-state index is 11.2. The summed E-state index contributed by atoms with van der Waals surface area (Å²) in [6, 6.07) is 13.9. The van der Waals surface area contributed by atoms with Crippen molar-refractivity contribution in [3.05, 3.63) is 64.1 Å². The van der Waals surface area contributed by atoms with Crippen molar-refractivity contribution < 1.29 is 9.72 Å². The molecule has 0 amide bonds. The average Bonchev–Trinajstić information content (AvgIpc) is 2.55. The fraction of sp³-hybridized carbons (Fsp3) is 0.188. The van der Waals surface area contributed by atoms with E-state index in [1.54, 1.807) is 23.0 Å². The molecule has 0 spiro atoms. The van der Waals surface area contributed by atoms with Crippen LogP contribution in [0.25, 0.3) is 10.9 Å². The van der Waals surface area contributed by atoms with E-state index >= 15 is 0 Å². The minimum atomic E-state index is -0.442. The molecule has 0 unspecified atom stereocenters. The number of hydrogen-bond donors (Lipinski definition) is 0. The number of rotatable bonds is 4. The lowest BCUT2D eigenvalue weighted by Crippen LogP contribution is -2.49. The van der Waals surface area contributed by atoms with Crippen molar-refractivity contribution in [2.45, 2.75) is 19.9 Å². The molecule has 0 bridgehead atoms. The Morgan fingerprint density at radius 1 is 1.22 bits per heavy atom. The van der Waals surface area contributed by atoms with Crippen LogP contribution in [-0.2, 0) is 6.54 Å². The summed E-state index contributed by atoms with van der Waals surface area (Å²) >= 11 is 0. The van der Waals surface area contributed by atoms with Crippen LogP contribution < -0.4 is 15.4 Å². The van der Waals surface area contributed by atoms with Crippen molar-refractivity contribution in [2.75, 3.05) is 0 Å². The van der Waals surface area contributed by atoms with E-state index in [0.29, 0.717) is 12.0 Å². The van der Waals surface area contributed by atoms with Crippen LogP contribution in [0, 0.1) is 10.1 Å². The van der Waals surface area contributed by atoms with Gasteiger partial charge in [-0.1, -0.05) is 42.1 Å². The van der Waals surface area contributed by atoms with Gasteiger partial charge in [0.05, 0.1) is 21.6 Å². The molecular formula is C16H15N5O2. The molecule has 1 heterocycles. The normalized spacial score (nSPS) is 11.8. The third-order valence-electron chi connectivity index (χ3n) is 3.31. The number of aromatic nitrogens is 3. The van der Waals surface area contributed by atoms with Crippen molar-refractivity contribution in [3.63, 3.8) is 0 Å². The molecule has 23 heavy (non-hydrogen) atoms. The lowest BCUT2D eigenvalue weighted by Gasteiger charge is -2.05. The van der Waals surface area contributed by atoms with Gasteiger partial charge in [0, 0.05) is 17.9 Å². The molecule has 0 radical (unpaired) electrons. The van der Waals surface area contributed by atoms with Crippen LogP contribution in [0.2, 0.25) is 0 Å². The second-order valence-electron chi connectivity index (χ2n) is 4.99. The second-order valence-corrected chi connectivity index (χ2v) is 4.99. The first kappa shape index (κ1) is 14.8. The number of hydrogen-bond acceptors (Lipinski definition) is 4. The summed E-state index contributed by atoms with van der Waals surface area (Å²) in [5, 5.41) is 20.8. The van der Waals surface area contributed by atoms with Gasteiger partial charge in [-0.05, 0) is 12.1 Å². The molecule has 0 aliphatic carbocycles. The van der Waals surface area contributed by atoms with Crippen LogP contribution in [0.5, 0.6) is 0 Å². The number of aryl methyl sites for hydroxylation is 1. The third kappa shape index (κ3) is 3.08. The summed E-state index contributed by atoms with van der Waals surface area (Å²) < 4.78 is 0. The summed E-state index contributed by atoms with van der Waals surface area (Å²) in [4.78, 5) is 16.7. The lowest BCUT2D eigenvalue weighted by atomic mass is 10.2. The van der Waals surface area contributed by atoms with Crippen molar-refractivity contribution in [3.8, 4) is 0 Å². The summed E-state index contributed by atoms with van der Waals surface area (Å²) in [6.45, 7) is 2.69. The molecule has 0 aliphatic rings. The Balaban J connectivity index is 2.28. The molecule has 7 heteroatoms. The highest BCUT2D eigenvalue weighted by molar-refractivity contribution is 5.76. The van der Waals surface area contributed by atoms with Gasteiger partial charge < -0.3 is 4.99 Å². The first-order valence-corrected chi connectivity index (χ1v) is 7.31. The minimum Gasteiger partial charge on any atom is -0.350 e. The SMILES string of the molecule is CCC[n+]1nc2ccccc2c(=Nc2ccccc2[N+](=O)[O-])[n-]1. The molecule has 3 aromatic rings. The molecule has 0 N–H and O–H groups in total. The molecule has 0 fully saturated rings. The quantitative estimate of drug-likeness (QED) is 0.419. The van der Waals surface area contributed by atoms with Crippen LogP contribution in [0.1, 0.15) is 13.3 Å². The van der Waals surface area contributed by atoms with E-state index in [4.69, 9.17) is 0 Å². The Kier molecular flexibility index (Phi) is 4.09. The van der Waals surface area contributed by atoms with E-state index in [1.165, 1.54) is 6.07 Å². The van der Waals surface area contributed by atoms with Crippen molar-refractivity contribution in [1.82, 2.24) is 10.2 Å². The predicted octanol–water partition coefficient (Wildman–Crippen LogP) is 2.03. The van der Waals surface area contributed by atoms with Crippen molar-refractivity contribution in [1.29, 1.82) is 0 Å². The topological polar surface area (TPSA) is 86.4 Å². The number of benzene rings is 2.